The fourth-order valence-electron chi connectivity index (χ4n) is 4.89. The van der Waals surface area contributed by atoms with Gasteiger partial charge in [0, 0.05) is 42.4 Å². The third-order valence-corrected chi connectivity index (χ3v) is 9.48. The predicted molar refractivity (Wildman–Crippen MR) is 123 cm³/mol. The molecule has 3 aliphatic rings. The normalized spacial score (nSPS) is 25.3. The zero-order valence-electron chi connectivity index (χ0n) is 17.8. The first-order valence-electron chi connectivity index (χ1n) is 11.0. The van der Waals surface area contributed by atoms with Crippen LogP contribution in [0.4, 0.5) is 11.4 Å². The van der Waals surface area contributed by atoms with Crippen molar-refractivity contribution < 1.29 is 13.2 Å². The molecule has 7 nitrogen and oxygen atoms in total. The molecule has 0 amide bonds. The third kappa shape index (κ3) is 3.94. The van der Waals surface area contributed by atoms with Crippen molar-refractivity contribution in [2.75, 3.05) is 5.32 Å². The quantitative estimate of drug-likeness (QED) is 0.663. The van der Waals surface area contributed by atoms with Gasteiger partial charge in [-0.3, -0.25) is 0 Å². The maximum atomic E-state index is 12.8. The van der Waals surface area contributed by atoms with Gasteiger partial charge in [0.05, 0.1) is 27.6 Å². The number of nitrogens with zero attached hydrogens (tertiary/aromatic N) is 3. The van der Waals surface area contributed by atoms with E-state index in [1.54, 1.807) is 28.7 Å². The van der Waals surface area contributed by atoms with Gasteiger partial charge in [-0.2, -0.15) is 9.57 Å². The van der Waals surface area contributed by atoms with E-state index in [4.69, 9.17) is 21.6 Å². The highest BCUT2D eigenvalue weighted by Gasteiger charge is 2.52. The van der Waals surface area contributed by atoms with Crippen molar-refractivity contribution in [2.24, 2.45) is 0 Å². The number of hydrogen-bond acceptors (Lipinski definition) is 6. The summed E-state index contributed by atoms with van der Waals surface area (Å²) in [5.41, 5.74) is 2.87. The maximum absolute atomic E-state index is 12.8. The second-order valence-corrected chi connectivity index (χ2v) is 11.4. The average molecular weight is 473 g/mol. The molecule has 1 aliphatic carbocycles. The van der Waals surface area contributed by atoms with Crippen LogP contribution in [0.2, 0.25) is 5.02 Å². The van der Waals surface area contributed by atoms with E-state index in [1.807, 2.05) is 13.0 Å². The van der Waals surface area contributed by atoms with Crippen molar-refractivity contribution in [3.8, 4) is 11.9 Å². The highest BCUT2D eigenvalue weighted by Crippen LogP contribution is 2.44. The highest BCUT2D eigenvalue weighted by atomic mass is 35.5. The first-order chi connectivity index (χ1) is 15.4. The van der Waals surface area contributed by atoms with Crippen molar-refractivity contribution in [3.63, 3.8) is 0 Å². The molecule has 2 saturated heterocycles. The molecular formula is C23H25ClN4O3S. The Kier molecular flexibility index (Phi) is 5.52. The molecule has 1 saturated carbocycles. The molecule has 2 atom stereocenters. The van der Waals surface area contributed by atoms with E-state index < -0.39 is 10.0 Å². The van der Waals surface area contributed by atoms with Crippen LogP contribution in [0, 0.1) is 18.3 Å². The third-order valence-electron chi connectivity index (χ3n) is 6.67. The molecule has 5 rings (SSSR count). The summed E-state index contributed by atoms with van der Waals surface area (Å²) in [7, 11) is -3.16. The fraction of sp³-hybridized carbons (Fsp3) is 0.478. The Morgan fingerprint density at radius 2 is 1.88 bits per heavy atom. The van der Waals surface area contributed by atoms with E-state index in [9.17, 15) is 8.42 Å². The van der Waals surface area contributed by atoms with Crippen LogP contribution in [-0.4, -0.2) is 41.1 Å². The molecule has 2 bridgehead atoms. The minimum Gasteiger partial charge on any atom is -0.474 e. The fourth-order valence-corrected chi connectivity index (χ4v) is 7.41. The van der Waals surface area contributed by atoms with Gasteiger partial charge in [-0.25, -0.2) is 13.4 Å². The predicted octanol–water partition coefficient (Wildman–Crippen LogP) is 4.53. The average Bonchev–Trinajstić information content (AvgIpc) is 3.58. The van der Waals surface area contributed by atoms with Crippen LogP contribution in [0.3, 0.4) is 0 Å². The number of aromatic nitrogens is 1. The van der Waals surface area contributed by atoms with E-state index in [0.29, 0.717) is 35.0 Å². The van der Waals surface area contributed by atoms with Gasteiger partial charge in [-0.1, -0.05) is 11.6 Å². The Labute approximate surface area is 193 Å². The van der Waals surface area contributed by atoms with Crippen LogP contribution in [0.15, 0.2) is 30.5 Å². The number of anilines is 2. The van der Waals surface area contributed by atoms with E-state index in [2.05, 4.69) is 16.4 Å². The minimum absolute atomic E-state index is 0.0309. The van der Waals surface area contributed by atoms with Gasteiger partial charge in [0.25, 0.3) is 0 Å². The molecule has 32 heavy (non-hydrogen) atoms. The Morgan fingerprint density at radius 3 is 2.50 bits per heavy atom. The van der Waals surface area contributed by atoms with E-state index >= 15 is 0 Å². The lowest BCUT2D eigenvalue weighted by atomic mass is 10.0. The summed E-state index contributed by atoms with van der Waals surface area (Å²) in [6.07, 6.45) is 6.42. The molecule has 1 aromatic heterocycles. The molecule has 3 fully saturated rings. The number of rotatable bonds is 6. The second-order valence-electron chi connectivity index (χ2n) is 8.89. The summed E-state index contributed by atoms with van der Waals surface area (Å²) >= 11 is 6.31. The molecule has 0 radical (unpaired) electrons. The lowest BCUT2D eigenvalue weighted by molar-refractivity contribution is 0.0911. The Bertz CT molecular complexity index is 1180. The molecule has 1 N–H and O–H groups in total. The Balaban J connectivity index is 1.30. The number of piperidine rings is 1. The lowest BCUT2D eigenvalue weighted by Crippen LogP contribution is -2.50. The van der Waals surface area contributed by atoms with Crippen molar-refractivity contribution in [1.82, 2.24) is 9.29 Å². The topological polar surface area (TPSA) is 95.3 Å². The van der Waals surface area contributed by atoms with E-state index in [0.717, 1.165) is 36.9 Å². The number of ether oxygens (including phenoxy) is 1. The number of halogens is 1. The zero-order valence-corrected chi connectivity index (χ0v) is 19.4. The molecular weight excluding hydrogens is 448 g/mol. The summed E-state index contributed by atoms with van der Waals surface area (Å²) in [5.74, 6) is 0.544. The van der Waals surface area contributed by atoms with Crippen LogP contribution < -0.4 is 10.1 Å². The Morgan fingerprint density at radius 1 is 1.16 bits per heavy atom. The van der Waals surface area contributed by atoms with Crippen molar-refractivity contribution >= 4 is 33.0 Å². The number of fused-ring (bicyclic) bond motifs is 2. The Hall–Kier alpha value is -2.34. The molecule has 2 unspecified atom stereocenters. The summed E-state index contributed by atoms with van der Waals surface area (Å²) in [5, 5.41) is 12.6. The minimum atomic E-state index is -3.16. The molecule has 168 valence electrons. The van der Waals surface area contributed by atoms with Crippen molar-refractivity contribution in [1.29, 1.82) is 5.26 Å². The van der Waals surface area contributed by atoms with Crippen molar-refractivity contribution in [2.45, 2.75) is 68.9 Å². The van der Waals surface area contributed by atoms with Gasteiger partial charge < -0.3 is 10.1 Å². The van der Waals surface area contributed by atoms with Gasteiger partial charge >= 0.3 is 0 Å². The van der Waals surface area contributed by atoms with Crippen LogP contribution >= 0.6 is 11.6 Å². The molecule has 2 aromatic rings. The number of pyridine rings is 1. The standard InChI is InChI=1S/C23H25ClN4O3S/c1-14-21(27-22-7-2-15(13-25)10-20(22)24)8-9-26-23(14)31-18-11-16-3-4-17(12-18)28(16)32(29,30)19-5-6-19/h2,7-10,16-19H,3-6,11-12H2,1H3,(H,26,27). The summed E-state index contributed by atoms with van der Waals surface area (Å²) in [6.45, 7) is 1.93. The molecule has 0 spiro atoms. The second kappa shape index (κ2) is 8.22. The molecule has 9 heteroatoms. The van der Waals surface area contributed by atoms with Crippen LogP contribution in [0.5, 0.6) is 5.88 Å². The van der Waals surface area contributed by atoms with Crippen molar-refractivity contribution in [3.05, 3.63) is 46.6 Å². The molecule has 3 heterocycles. The SMILES string of the molecule is Cc1c(Nc2ccc(C#N)cc2Cl)ccnc1OC1CC2CCC(C1)N2S(=O)(=O)C1CC1. The lowest BCUT2D eigenvalue weighted by Gasteiger charge is -2.38. The number of hydrogen-bond donors (Lipinski definition) is 1. The number of benzene rings is 1. The van der Waals surface area contributed by atoms with Gasteiger partial charge in [-0.15, -0.1) is 0 Å². The maximum Gasteiger partial charge on any atom is 0.218 e. The van der Waals surface area contributed by atoms with E-state index in [1.165, 1.54) is 0 Å². The van der Waals surface area contributed by atoms with Gasteiger partial charge in [0.2, 0.25) is 15.9 Å². The summed E-state index contributed by atoms with van der Waals surface area (Å²) in [4.78, 5) is 4.43. The summed E-state index contributed by atoms with van der Waals surface area (Å²) < 4.78 is 33.8. The van der Waals surface area contributed by atoms with E-state index in [-0.39, 0.29) is 23.4 Å². The smallest absolute Gasteiger partial charge is 0.218 e. The zero-order chi connectivity index (χ0) is 22.5. The van der Waals surface area contributed by atoms with Crippen LogP contribution in [-0.2, 0) is 10.0 Å². The molecule has 2 aliphatic heterocycles. The first kappa shape index (κ1) is 21.5. The number of sulfonamides is 1. The summed E-state index contributed by atoms with van der Waals surface area (Å²) in [6, 6.07) is 9.09. The first-order valence-corrected chi connectivity index (χ1v) is 12.9. The monoisotopic (exact) mass is 472 g/mol. The van der Waals surface area contributed by atoms with Gasteiger partial charge in [-0.05, 0) is 56.9 Å². The molecule has 1 aromatic carbocycles. The van der Waals surface area contributed by atoms with Gasteiger partial charge in [0.1, 0.15) is 6.10 Å². The largest absolute Gasteiger partial charge is 0.474 e. The number of nitrogens with one attached hydrogen (secondary N) is 1. The van der Waals surface area contributed by atoms with Crippen LogP contribution in [0.25, 0.3) is 0 Å². The van der Waals surface area contributed by atoms with Gasteiger partial charge in [0.15, 0.2) is 0 Å². The highest BCUT2D eigenvalue weighted by molar-refractivity contribution is 7.90. The number of nitriles is 1. The van der Waals surface area contributed by atoms with Crippen LogP contribution in [0.1, 0.15) is 49.7 Å².